The fourth-order valence-corrected chi connectivity index (χ4v) is 3.71. The number of rotatable bonds is 3. The Balaban J connectivity index is 1.68. The maximum atomic E-state index is 13.1. The molecule has 2 aromatic carbocycles. The Morgan fingerprint density at radius 2 is 1.89 bits per heavy atom. The van der Waals surface area contributed by atoms with Gasteiger partial charge in [-0.2, -0.15) is 4.98 Å². The molecule has 5 nitrogen and oxygen atoms in total. The maximum Gasteiger partial charge on any atom is 0.259 e. The van der Waals surface area contributed by atoms with Crippen molar-refractivity contribution in [1.82, 2.24) is 15.0 Å². The molecule has 6 heteroatoms. The van der Waals surface area contributed by atoms with Gasteiger partial charge < -0.3 is 9.42 Å². The minimum absolute atomic E-state index is 0.00893. The lowest BCUT2D eigenvalue weighted by molar-refractivity contribution is 0.0683. The van der Waals surface area contributed by atoms with Gasteiger partial charge >= 0.3 is 0 Å². The highest BCUT2D eigenvalue weighted by molar-refractivity contribution is 6.33. The van der Waals surface area contributed by atoms with Crippen LogP contribution in [0.15, 0.2) is 53.1 Å². The number of aromatic nitrogens is 2. The van der Waals surface area contributed by atoms with Crippen molar-refractivity contribution in [2.45, 2.75) is 19.8 Å². The molecular weight excluding hydrogens is 362 g/mol. The quantitative estimate of drug-likeness (QED) is 0.645. The first kappa shape index (κ1) is 17.7. The Morgan fingerprint density at radius 3 is 2.67 bits per heavy atom. The standard InChI is InChI=1S/C21H20ClN3O2/c1-14-7-6-12-25(13-14)21(26)16-9-3-2-8-15(16)20-23-19(24-27-20)17-10-4-5-11-18(17)22/h2-5,8-11,14H,6-7,12-13H2,1H3. The van der Waals surface area contributed by atoms with Crippen LogP contribution in [0.4, 0.5) is 0 Å². The van der Waals surface area contributed by atoms with Gasteiger partial charge in [0, 0.05) is 18.7 Å². The molecule has 1 atom stereocenters. The van der Waals surface area contributed by atoms with Crippen LogP contribution < -0.4 is 0 Å². The van der Waals surface area contributed by atoms with E-state index in [1.165, 1.54) is 0 Å². The molecule has 0 aliphatic carbocycles. The highest BCUT2D eigenvalue weighted by atomic mass is 35.5. The van der Waals surface area contributed by atoms with Crippen LogP contribution >= 0.6 is 11.6 Å². The van der Waals surface area contributed by atoms with Gasteiger partial charge in [0.1, 0.15) is 0 Å². The van der Waals surface area contributed by atoms with Crippen molar-refractivity contribution >= 4 is 17.5 Å². The summed E-state index contributed by atoms with van der Waals surface area (Å²) in [6, 6.07) is 14.7. The van der Waals surface area contributed by atoms with E-state index in [-0.39, 0.29) is 5.91 Å². The number of halogens is 1. The number of amides is 1. The predicted octanol–water partition coefficient (Wildman–Crippen LogP) is 4.93. The van der Waals surface area contributed by atoms with E-state index in [4.69, 9.17) is 16.1 Å². The summed E-state index contributed by atoms with van der Waals surface area (Å²) in [4.78, 5) is 19.5. The second kappa shape index (κ2) is 7.53. The molecule has 4 rings (SSSR count). The maximum absolute atomic E-state index is 13.1. The van der Waals surface area contributed by atoms with Crippen molar-refractivity contribution in [3.63, 3.8) is 0 Å². The molecule has 0 spiro atoms. The van der Waals surface area contributed by atoms with E-state index in [0.717, 1.165) is 25.9 Å². The summed E-state index contributed by atoms with van der Waals surface area (Å²) < 4.78 is 5.47. The van der Waals surface area contributed by atoms with Crippen LogP contribution in [0, 0.1) is 5.92 Å². The van der Waals surface area contributed by atoms with E-state index < -0.39 is 0 Å². The molecule has 1 aromatic heterocycles. The fourth-order valence-electron chi connectivity index (χ4n) is 3.49. The number of piperidine rings is 1. The van der Waals surface area contributed by atoms with Crippen molar-refractivity contribution in [2.75, 3.05) is 13.1 Å². The number of nitrogens with zero attached hydrogens (tertiary/aromatic N) is 3. The summed E-state index contributed by atoms with van der Waals surface area (Å²) in [5, 5.41) is 4.61. The summed E-state index contributed by atoms with van der Waals surface area (Å²) in [5.41, 5.74) is 1.93. The highest BCUT2D eigenvalue weighted by Gasteiger charge is 2.25. The van der Waals surface area contributed by atoms with E-state index >= 15 is 0 Å². The monoisotopic (exact) mass is 381 g/mol. The topological polar surface area (TPSA) is 59.2 Å². The summed E-state index contributed by atoms with van der Waals surface area (Å²) in [7, 11) is 0. The molecule has 138 valence electrons. The van der Waals surface area contributed by atoms with Gasteiger partial charge in [-0.05, 0) is 43.0 Å². The zero-order chi connectivity index (χ0) is 18.8. The van der Waals surface area contributed by atoms with Gasteiger partial charge in [0.2, 0.25) is 5.82 Å². The van der Waals surface area contributed by atoms with Gasteiger partial charge in [-0.3, -0.25) is 4.79 Å². The Morgan fingerprint density at radius 1 is 1.15 bits per heavy atom. The van der Waals surface area contributed by atoms with Crippen molar-refractivity contribution in [2.24, 2.45) is 5.92 Å². The molecule has 3 aromatic rings. The second-order valence-corrected chi connectivity index (χ2v) is 7.35. The second-order valence-electron chi connectivity index (χ2n) is 6.95. The van der Waals surface area contributed by atoms with Crippen LogP contribution in [0.2, 0.25) is 5.02 Å². The van der Waals surface area contributed by atoms with Crippen molar-refractivity contribution < 1.29 is 9.32 Å². The summed E-state index contributed by atoms with van der Waals surface area (Å²) in [6.07, 6.45) is 2.20. The smallest absolute Gasteiger partial charge is 0.259 e. The van der Waals surface area contributed by atoms with Gasteiger partial charge in [-0.1, -0.05) is 47.9 Å². The minimum atomic E-state index is 0.00893. The van der Waals surface area contributed by atoms with E-state index in [9.17, 15) is 4.79 Å². The average molecular weight is 382 g/mol. The van der Waals surface area contributed by atoms with E-state index in [0.29, 0.717) is 39.3 Å². The third-order valence-electron chi connectivity index (χ3n) is 4.87. The summed E-state index contributed by atoms with van der Waals surface area (Å²) >= 11 is 6.23. The van der Waals surface area contributed by atoms with Gasteiger partial charge in [0.25, 0.3) is 11.8 Å². The van der Waals surface area contributed by atoms with Crippen molar-refractivity contribution in [1.29, 1.82) is 0 Å². The normalized spacial score (nSPS) is 17.1. The molecule has 1 unspecified atom stereocenters. The lowest BCUT2D eigenvalue weighted by Crippen LogP contribution is -2.39. The zero-order valence-corrected chi connectivity index (χ0v) is 15.8. The first-order valence-corrected chi connectivity index (χ1v) is 9.48. The molecule has 1 fully saturated rings. The van der Waals surface area contributed by atoms with Crippen LogP contribution in [0.25, 0.3) is 22.8 Å². The highest BCUT2D eigenvalue weighted by Crippen LogP contribution is 2.30. The van der Waals surface area contributed by atoms with Crippen LogP contribution in [0.5, 0.6) is 0 Å². The molecule has 1 aliphatic rings. The molecule has 0 N–H and O–H groups in total. The minimum Gasteiger partial charge on any atom is -0.338 e. The molecule has 1 amide bonds. The van der Waals surface area contributed by atoms with E-state index in [1.807, 2.05) is 47.4 Å². The Kier molecular flexibility index (Phi) is 4.94. The van der Waals surface area contributed by atoms with Gasteiger partial charge in [0.15, 0.2) is 0 Å². The number of hydrogen-bond donors (Lipinski definition) is 0. The van der Waals surface area contributed by atoms with Crippen LogP contribution in [0.1, 0.15) is 30.1 Å². The molecule has 2 heterocycles. The first-order valence-electron chi connectivity index (χ1n) is 9.11. The molecule has 0 saturated carbocycles. The average Bonchev–Trinajstić information content (AvgIpc) is 3.17. The lowest BCUT2D eigenvalue weighted by Gasteiger charge is -2.31. The number of carbonyl (C=O) groups is 1. The molecule has 0 radical (unpaired) electrons. The third kappa shape index (κ3) is 3.60. The van der Waals surface area contributed by atoms with E-state index in [2.05, 4.69) is 17.1 Å². The largest absolute Gasteiger partial charge is 0.338 e. The Labute approximate surface area is 163 Å². The number of likely N-dealkylation sites (tertiary alicyclic amines) is 1. The molecule has 0 bridgehead atoms. The Bertz CT molecular complexity index is 969. The third-order valence-corrected chi connectivity index (χ3v) is 5.20. The summed E-state index contributed by atoms with van der Waals surface area (Å²) in [5.74, 6) is 1.25. The first-order chi connectivity index (χ1) is 13.1. The molecule has 1 saturated heterocycles. The van der Waals surface area contributed by atoms with Crippen LogP contribution in [-0.2, 0) is 0 Å². The number of benzene rings is 2. The van der Waals surface area contributed by atoms with Gasteiger partial charge in [0.05, 0.1) is 16.1 Å². The van der Waals surface area contributed by atoms with Crippen LogP contribution in [0.3, 0.4) is 0 Å². The Hall–Kier alpha value is -2.66. The van der Waals surface area contributed by atoms with Gasteiger partial charge in [-0.25, -0.2) is 0 Å². The predicted molar refractivity (Wildman–Crippen MR) is 104 cm³/mol. The van der Waals surface area contributed by atoms with Crippen LogP contribution in [-0.4, -0.2) is 34.0 Å². The molecular formula is C21H20ClN3O2. The fraction of sp³-hybridized carbons (Fsp3) is 0.286. The van der Waals surface area contributed by atoms with Gasteiger partial charge in [-0.15, -0.1) is 0 Å². The van der Waals surface area contributed by atoms with E-state index in [1.54, 1.807) is 6.07 Å². The zero-order valence-electron chi connectivity index (χ0n) is 15.1. The number of carbonyl (C=O) groups excluding carboxylic acids is 1. The lowest BCUT2D eigenvalue weighted by atomic mass is 9.98. The summed E-state index contributed by atoms with van der Waals surface area (Å²) in [6.45, 7) is 3.74. The number of hydrogen-bond acceptors (Lipinski definition) is 4. The molecule has 27 heavy (non-hydrogen) atoms. The van der Waals surface area contributed by atoms with Crippen molar-refractivity contribution in [3.05, 3.63) is 59.1 Å². The SMILES string of the molecule is CC1CCCN(C(=O)c2ccccc2-c2nc(-c3ccccc3Cl)no2)C1. The molecule has 1 aliphatic heterocycles. The van der Waals surface area contributed by atoms with Crippen molar-refractivity contribution in [3.8, 4) is 22.8 Å².